The number of piperazine rings is 1. The molecule has 1 aromatic carbocycles. The zero-order valence-electron chi connectivity index (χ0n) is 19.0. The Bertz CT molecular complexity index is 1320. The zero-order valence-corrected chi connectivity index (χ0v) is 19.8. The van der Waals surface area contributed by atoms with E-state index in [1.165, 1.54) is 26.6 Å². The number of carbonyl (C=O) groups excluding carboxylic acids is 3. The van der Waals surface area contributed by atoms with E-state index in [0.717, 1.165) is 49.4 Å². The summed E-state index contributed by atoms with van der Waals surface area (Å²) in [4.78, 5) is 48.5. The van der Waals surface area contributed by atoms with Gasteiger partial charge in [-0.2, -0.15) is 0 Å². The lowest BCUT2D eigenvalue weighted by atomic mass is 10.0. The van der Waals surface area contributed by atoms with Gasteiger partial charge >= 0.3 is 0 Å². The number of anilines is 1. The van der Waals surface area contributed by atoms with Crippen molar-refractivity contribution in [1.82, 2.24) is 20.1 Å². The predicted octanol–water partition coefficient (Wildman–Crippen LogP) is 2.52. The van der Waals surface area contributed by atoms with Crippen molar-refractivity contribution in [2.75, 3.05) is 31.1 Å². The molecule has 180 valence electrons. The summed E-state index contributed by atoms with van der Waals surface area (Å²) < 4.78 is 15.8. The number of halogens is 1. The second kappa shape index (κ2) is 8.69. The molecule has 10 heteroatoms. The van der Waals surface area contributed by atoms with Crippen molar-refractivity contribution in [3.05, 3.63) is 58.5 Å². The average molecular weight is 494 g/mol. The van der Waals surface area contributed by atoms with E-state index in [4.69, 9.17) is 0 Å². The molecular formula is C25H24FN5O3S. The molecule has 2 saturated heterocycles. The predicted molar refractivity (Wildman–Crippen MR) is 130 cm³/mol. The maximum Gasteiger partial charge on any atom is 0.255 e. The van der Waals surface area contributed by atoms with Crippen LogP contribution >= 0.6 is 11.3 Å². The maximum absolute atomic E-state index is 14.6. The number of amides is 3. The lowest BCUT2D eigenvalue weighted by Crippen LogP contribution is -2.52. The first-order chi connectivity index (χ1) is 17.0. The number of thiophene rings is 1. The maximum atomic E-state index is 14.6. The molecule has 2 aromatic heterocycles. The topological polar surface area (TPSA) is 85.9 Å². The SMILES string of the molecule is O=C1CCC(N2Cc3c(cc(F)cc3N3CCN(Cc4cc5cnccc5s4)CC3)C2=O)C(=O)N1. The molecule has 3 amide bonds. The number of hydrogen-bond acceptors (Lipinski definition) is 7. The van der Waals surface area contributed by atoms with Crippen LogP contribution in [0.15, 0.2) is 36.7 Å². The number of rotatable bonds is 4. The van der Waals surface area contributed by atoms with Crippen LogP contribution in [0.1, 0.15) is 33.6 Å². The van der Waals surface area contributed by atoms with Crippen molar-refractivity contribution in [1.29, 1.82) is 0 Å². The van der Waals surface area contributed by atoms with E-state index in [9.17, 15) is 18.8 Å². The van der Waals surface area contributed by atoms with E-state index in [1.54, 1.807) is 11.3 Å². The first-order valence-corrected chi connectivity index (χ1v) is 12.5. The Labute approximate surface area is 205 Å². The number of nitrogens with zero attached hydrogens (tertiary/aromatic N) is 4. The molecule has 0 bridgehead atoms. The van der Waals surface area contributed by atoms with Crippen LogP contribution in [0.5, 0.6) is 0 Å². The van der Waals surface area contributed by atoms with Crippen LogP contribution in [0.2, 0.25) is 0 Å². The number of piperidine rings is 1. The van der Waals surface area contributed by atoms with E-state index in [-0.39, 0.29) is 31.2 Å². The van der Waals surface area contributed by atoms with Crippen molar-refractivity contribution in [3.63, 3.8) is 0 Å². The van der Waals surface area contributed by atoms with Crippen LogP contribution in [-0.4, -0.2) is 64.7 Å². The summed E-state index contributed by atoms with van der Waals surface area (Å²) in [6, 6.07) is 6.27. The number of fused-ring (bicyclic) bond motifs is 2. The molecule has 3 aromatic rings. The van der Waals surface area contributed by atoms with Gasteiger partial charge in [-0.25, -0.2) is 4.39 Å². The fourth-order valence-corrected chi connectivity index (χ4v) is 6.35. The Morgan fingerprint density at radius 2 is 1.94 bits per heavy atom. The van der Waals surface area contributed by atoms with E-state index < -0.39 is 17.8 Å². The fourth-order valence-electron chi connectivity index (χ4n) is 5.27. The van der Waals surface area contributed by atoms with E-state index in [1.807, 2.05) is 18.5 Å². The van der Waals surface area contributed by atoms with Crippen molar-refractivity contribution in [3.8, 4) is 0 Å². The van der Waals surface area contributed by atoms with Gasteiger partial charge in [0.15, 0.2) is 0 Å². The fraction of sp³-hybridized carbons (Fsp3) is 0.360. The molecule has 1 atom stereocenters. The molecule has 0 saturated carbocycles. The molecule has 6 rings (SSSR count). The van der Waals surface area contributed by atoms with Gasteiger partial charge in [0.25, 0.3) is 5.91 Å². The van der Waals surface area contributed by atoms with Crippen LogP contribution in [0, 0.1) is 5.82 Å². The largest absolute Gasteiger partial charge is 0.369 e. The molecular weight excluding hydrogens is 469 g/mol. The number of benzene rings is 1. The minimum absolute atomic E-state index is 0.190. The monoisotopic (exact) mass is 493 g/mol. The highest BCUT2D eigenvalue weighted by Crippen LogP contribution is 2.36. The third-order valence-electron chi connectivity index (χ3n) is 7.06. The molecule has 3 aliphatic heterocycles. The van der Waals surface area contributed by atoms with Crippen LogP contribution in [0.25, 0.3) is 10.1 Å². The Balaban J connectivity index is 1.17. The van der Waals surface area contributed by atoms with Gasteiger partial charge in [0.05, 0.1) is 0 Å². The zero-order chi connectivity index (χ0) is 24.1. The van der Waals surface area contributed by atoms with Crippen molar-refractivity contribution in [2.24, 2.45) is 0 Å². The van der Waals surface area contributed by atoms with Crippen LogP contribution in [0.4, 0.5) is 10.1 Å². The molecule has 5 heterocycles. The molecule has 2 fully saturated rings. The smallest absolute Gasteiger partial charge is 0.255 e. The highest BCUT2D eigenvalue weighted by molar-refractivity contribution is 7.19. The van der Waals surface area contributed by atoms with E-state index in [2.05, 4.69) is 26.2 Å². The van der Waals surface area contributed by atoms with Crippen LogP contribution in [-0.2, 0) is 22.7 Å². The number of carbonyl (C=O) groups is 3. The summed E-state index contributed by atoms with van der Waals surface area (Å²) in [6.07, 6.45) is 4.17. The summed E-state index contributed by atoms with van der Waals surface area (Å²) in [5.41, 5.74) is 1.79. The quantitative estimate of drug-likeness (QED) is 0.563. The summed E-state index contributed by atoms with van der Waals surface area (Å²) in [6.45, 7) is 4.18. The third-order valence-corrected chi connectivity index (χ3v) is 8.16. The highest BCUT2D eigenvalue weighted by Gasteiger charge is 2.41. The highest BCUT2D eigenvalue weighted by atomic mass is 32.1. The van der Waals surface area contributed by atoms with E-state index >= 15 is 0 Å². The molecule has 1 unspecified atom stereocenters. The van der Waals surface area contributed by atoms with Crippen LogP contribution < -0.4 is 10.2 Å². The van der Waals surface area contributed by atoms with Gasteiger partial charge in [0, 0.05) is 89.9 Å². The van der Waals surface area contributed by atoms with Gasteiger partial charge in [0.1, 0.15) is 11.9 Å². The number of pyridine rings is 1. The minimum Gasteiger partial charge on any atom is -0.369 e. The van der Waals surface area contributed by atoms with Gasteiger partial charge < -0.3 is 9.80 Å². The lowest BCUT2D eigenvalue weighted by molar-refractivity contribution is -0.136. The van der Waals surface area contributed by atoms with Crippen molar-refractivity contribution >= 4 is 44.8 Å². The number of imide groups is 1. The number of aromatic nitrogens is 1. The Morgan fingerprint density at radius 3 is 2.71 bits per heavy atom. The molecule has 0 spiro atoms. The van der Waals surface area contributed by atoms with Gasteiger partial charge in [-0.05, 0) is 30.7 Å². The Kier molecular flexibility index (Phi) is 5.49. The first kappa shape index (κ1) is 22.1. The lowest BCUT2D eigenvalue weighted by Gasteiger charge is -2.37. The van der Waals surface area contributed by atoms with E-state index in [0.29, 0.717) is 5.56 Å². The van der Waals surface area contributed by atoms with Gasteiger partial charge in [-0.15, -0.1) is 11.3 Å². The second-order valence-electron chi connectivity index (χ2n) is 9.24. The number of nitrogens with one attached hydrogen (secondary N) is 1. The Morgan fingerprint density at radius 1 is 1.11 bits per heavy atom. The standard InChI is InChI=1S/C25H24FN5O3S/c26-16-10-18-19(14-31(25(18)34)20-1-2-23(32)28-24(20)33)21(11-16)30-7-5-29(6-8-30)13-17-9-15-12-27-4-3-22(15)35-17/h3-4,9-12,20H,1-2,5-8,13-14H2,(H,28,32,33). The van der Waals surface area contributed by atoms with Gasteiger partial charge in [-0.1, -0.05) is 0 Å². The summed E-state index contributed by atoms with van der Waals surface area (Å²) in [5, 5.41) is 3.47. The molecule has 35 heavy (non-hydrogen) atoms. The minimum atomic E-state index is -0.711. The first-order valence-electron chi connectivity index (χ1n) is 11.7. The normalized spacial score (nSPS) is 21.1. The van der Waals surface area contributed by atoms with Gasteiger partial charge in [-0.3, -0.25) is 29.6 Å². The molecule has 1 N–H and O–H groups in total. The molecule has 3 aliphatic rings. The molecule has 8 nitrogen and oxygen atoms in total. The second-order valence-corrected chi connectivity index (χ2v) is 10.4. The summed E-state index contributed by atoms with van der Waals surface area (Å²) in [5.74, 6) is -1.60. The van der Waals surface area contributed by atoms with Crippen molar-refractivity contribution in [2.45, 2.75) is 32.0 Å². The van der Waals surface area contributed by atoms with Crippen molar-refractivity contribution < 1.29 is 18.8 Å². The average Bonchev–Trinajstić information content (AvgIpc) is 3.40. The molecule has 0 radical (unpaired) electrons. The van der Waals surface area contributed by atoms with Crippen LogP contribution in [0.3, 0.4) is 0 Å². The Hall–Kier alpha value is -3.37. The third kappa shape index (κ3) is 4.06. The number of hydrogen-bond donors (Lipinski definition) is 1. The summed E-state index contributed by atoms with van der Waals surface area (Å²) >= 11 is 1.78. The summed E-state index contributed by atoms with van der Waals surface area (Å²) in [7, 11) is 0. The van der Waals surface area contributed by atoms with Gasteiger partial charge in [0.2, 0.25) is 11.8 Å². The molecule has 0 aliphatic carbocycles.